The molecule has 3 rings (SSSR count). The van der Waals surface area contributed by atoms with Gasteiger partial charge in [-0.25, -0.2) is 4.79 Å². The number of ether oxygens (including phenoxy) is 3. The van der Waals surface area contributed by atoms with Crippen molar-refractivity contribution in [2.75, 3.05) is 20.8 Å². The van der Waals surface area contributed by atoms with Gasteiger partial charge in [0.25, 0.3) is 0 Å². The number of carbonyl (C=O) groups is 2. The lowest BCUT2D eigenvalue weighted by Gasteiger charge is -2.15. The molecule has 0 aliphatic rings. The van der Waals surface area contributed by atoms with Crippen LogP contribution in [0, 0.1) is 0 Å². The number of hydrogen-bond donors (Lipinski definition) is 2. The maximum absolute atomic E-state index is 12.5. The molecule has 1 aromatic heterocycles. The summed E-state index contributed by atoms with van der Waals surface area (Å²) in [7, 11) is 2.86. The molecule has 0 saturated heterocycles. The Bertz CT molecular complexity index is 1090. The molecule has 162 valence electrons. The predicted molar refractivity (Wildman–Crippen MR) is 119 cm³/mol. The van der Waals surface area contributed by atoms with Crippen molar-refractivity contribution in [2.45, 2.75) is 19.4 Å². The smallest absolute Gasteiger partial charge is 0.328 e. The molecule has 0 unspecified atom stereocenters. The van der Waals surface area contributed by atoms with Crippen LogP contribution in [-0.4, -0.2) is 43.7 Å². The number of fused-ring (bicyclic) bond motifs is 1. The van der Waals surface area contributed by atoms with Crippen LogP contribution in [-0.2, 0) is 20.7 Å². The number of hydrogen-bond acceptors (Lipinski definition) is 5. The highest BCUT2D eigenvalue weighted by molar-refractivity contribution is 5.95. The highest BCUT2D eigenvalue weighted by atomic mass is 16.5. The molecule has 1 heterocycles. The van der Waals surface area contributed by atoms with Gasteiger partial charge in [-0.3, -0.25) is 4.79 Å². The third-order valence-corrected chi connectivity index (χ3v) is 4.82. The zero-order valence-corrected chi connectivity index (χ0v) is 17.8. The molecule has 1 amide bonds. The van der Waals surface area contributed by atoms with Gasteiger partial charge in [-0.1, -0.05) is 24.3 Å². The Labute approximate surface area is 181 Å². The summed E-state index contributed by atoms with van der Waals surface area (Å²) >= 11 is 0. The third kappa shape index (κ3) is 5.45. The lowest BCUT2D eigenvalue weighted by atomic mass is 10.0. The number of nitrogens with one attached hydrogen (secondary N) is 2. The Morgan fingerprint density at radius 1 is 1.13 bits per heavy atom. The second-order valence-corrected chi connectivity index (χ2v) is 6.82. The first kappa shape index (κ1) is 22.0. The number of aromatic amines is 1. The fourth-order valence-electron chi connectivity index (χ4n) is 3.31. The minimum atomic E-state index is -0.809. The van der Waals surface area contributed by atoms with Crippen LogP contribution in [0.5, 0.6) is 11.5 Å². The monoisotopic (exact) mass is 422 g/mol. The average Bonchev–Trinajstić information content (AvgIpc) is 3.20. The lowest BCUT2D eigenvalue weighted by Crippen LogP contribution is -2.42. The van der Waals surface area contributed by atoms with E-state index >= 15 is 0 Å². The summed E-state index contributed by atoms with van der Waals surface area (Å²) in [6, 6.07) is 12.4. The standard InChI is InChI=1S/C24H26N2O5/c1-4-31-21-11-9-16(13-22(21)29-2)10-12-23(27)26-20(24(28)30-3)14-17-15-25-19-8-6-5-7-18(17)19/h5-13,15,20,25H,4,14H2,1-3H3,(H,26,27)/b12-10+/t20-/m1/s1. The number of benzene rings is 2. The third-order valence-electron chi connectivity index (χ3n) is 4.82. The van der Waals surface area contributed by atoms with Crippen LogP contribution in [0.25, 0.3) is 17.0 Å². The first-order chi connectivity index (χ1) is 15.0. The number of rotatable bonds is 9. The van der Waals surface area contributed by atoms with Crippen LogP contribution in [0.3, 0.4) is 0 Å². The zero-order valence-electron chi connectivity index (χ0n) is 17.8. The van der Waals surface area contributed by atoms with E-state index in [0.29, 0.717) is 24.5 Å². The van der Waals surface area contributed by atoms with E-state index in [4.69, 9.17) is 14.2 Å². The van der Waals surface area contributed by atoms with E-state index in [1.165, 1.54) is 13.2 Å². The van der Waals surface area contributed by atoms with E-state index in [-0.39, 0.29) is 0 Å². The molecule has 31 heavy (non-hydrogen) atoms. The SMILES string of the molecule is CCOc1ccc(/C=C/C(=O)N[C@H](Cc2c[nH]c3ccccc23)C(=O)OC)cc1OC. The highest BCUT2D eigenvalue weighted by Gasteiger charge is 2.22. The van der Waals surface area contributed by atoms with Crippen LogP contribution >= 0.6 is 0 Å². The van der Waals surface area contributed by atoms with Gasteiger partial charge in [0, 0.05) is 29.6 Å². The van der Waals surface area contributed by atoms with Gasteiger partial charge in [0.1, 0.15) is 6.04 Å². The number of esters is 1. The molecule has 3 aromatic rings. The second-order valence-electron chi connectivity index (χ2n) is 6.82. The lowest BCUT2D eigenvalue weighted by molar-refractivity contribution is -0.144. The number of methoxy groups -OCH3 is 2. The van der Waals surface area contributed by atoms with E-state index in [2.05, 4.69) is 10.3 Å². The van der Waals surface area contributed by atoms with Gasteiger partial charge < -0.3 is 24.5 Å². The molecule has 1 atom stereocenters. The summed E-state index contributed by atoms with van der Waals surface area (Å²) in [5.41, 5.74) is 2.66. The Hall–Kier alpha value is -3.74. The first-order valence-corrected chi connectivity index (χ1v) is 9.98. The van der Waals surface area contributed by atoms with Gasteiger partial charge >= 0.3 is 5.97 Å². The molecule has 2 aromatic carbocycles. The molecule has 0 spiro atoms. The highest BCUT2D eigenvalue weighted by Crippen LogP contribution is 2.28. The van der Waals surface area contributed by atoms with Crippen molar-refractivity contribution in [1.29, 1.82) is 0 Å². The predicted octanol–water partition coefficient (Wildman–Crippen LogP) is 3.49. The first-order valence-electron chi connectivity index (χ1n) is 9.98. The molecule has 7 heteroatoms. The van der Waals surface area contributed by atoms with E-state index < -0.39 is 17.9 Å². The van der Waals surface area contributed by atoms with E-state index in [9.17, 15) is 9.59 Å². The fraction of sp³-hybridized carbons (Fsp3) is 0.250. The summed E-state index contributed by atoms with van der Waals surface area (Å²) < 4.78 is 15.7. The molecular formula is C24H26N2O5. The Morgan fingerprint density at radius 2 is 1.94 bits per heavy atom. The fourth-order valence-corrected chi connectivity index (χ4v) is 3.31. The van der Waals surface area contributed by atoms with Crippen molar-refractivity contribution >= 4 is 28.9 Å². The van der Waals surface area contributed by atoms with Crippen LogP contribution in [0.15, 0.2) is 54.7 Å². The van der Waals surface area contributed by atoms with Crippen LogP contribution in [0.1, 0.15) is 18.1 Å². The topological polar surface area (TPSA) is 89.7 Å². The number of H-pyrrole nitrogens is 1. The molecule has 0 aliphatic carbocycles. The van der Waals surface area contributed by atoms with Gasteiger partial charge in [0.15, 0.2) is 11.5 Å². The van der Waals surface area contributed by atoms with Gasteiger partial charge in [-0.15, -0.1) is 0 Å². The van der Waals surface area contributed by atoms with Crippen LogP contribution in [0.2, 0.25) is 0 Å². The zero-order chi connectivity index (χ0) is 22.2. The minimum absolute atomic E-state index is 0.313. The Morgan fingerprint density at radius 3 is 2.68 bits per heavy atom. The number of amides is 1. The minimum Gasteiger partial charge on any atom is -0.493 e. The molecular weight excluding hydrogens is 396 g/mol. The summed E-state index contributed by atoms with van der Waals surface area (Å²) in [6.45, 7) is 2.42. The summed E-state index contributed by atoms with van der Waals surface area (Å²) in [6.07, 6.45) is 5.18. The van der Waals surface area contributed by atoms with Crippen molar-refractivity contribution < 1.29 is 23.8 Å². The van der Waals surface area contributed by atoms with Crippen molar-refractivity contribution in [3.63, 3.8) is 0 Å². The normalized spacial score (nSPS) is 12.0. The Kier molecular flexibility index (Phi) is 7.32. The van der Waals surface area contributed by atoms with Crippen LogP contribution in [0.4, 0.5) is 0 Å². The number of carbonyl (C=O) groups excluding carboxylic acids is 2. The van der Waals surface area contributed by atoms with E-state index in [1.54, 1.807) is 25.3 Å². The van der Waals surface area contributed by atoms with Crippen molar-refractivity contribution in [1.82, 2.24) is 10.3 Å². The summed E-state index contributed by atoms with van der Waals surface area (Å²) in [5.74, 6) is 0.310. The van der Waals surface area contributed by atoms with E-state index in [0.717, 1.165) is 22.0 Å². The van der Waals surface area contributed by atoms with Gasteiger partial charge in [-0.05, 0) is 42.3 Å². The Balaban J connectivity index is 1.71. The average molecular weight is 422 g/mol. The quantitative estimate of drug-likeness (QED) is 0.407. The molecule has 0 bridgehead atoms. The van der Waals surface area contributed by atoms with E-state index in [1.807, 2.05) is 43.5 Å². The van der Waals surface area contributed by atoms with Crippen molar-refractivity contribution in [3.05, 3.63) is 65.9 Å². The number of para-hydroxylation sites is 1. The second kappa shape index (κ2) is 10.3. The molecule has 0 fully saturated rings. The van der Waals surface area contributed by atoms with Gasteiger partial charge in [0.05, 0.1) is 20.8 Å². The van der Waals surface area contributed by atoms with Gasteiger partial charge in [0.2, 0.25) is 5.91 Å². The maximum Gasteiger partial charge on any atom is 0.328 e. The molecule has 0 aliphatic heterocycles. The summed E-state index contributed by atoms with van der Waals surface area (Å²) in [5, 5.41) is 3.73. The molecule has 2 N–H and O–H groups in total. The molecule has 0 radical (unpaired) electrons. The largest absolute Gasteiger partial charge is 0.493 e. The molecule has 7 nitrogen and oxygen atoms in total. The van der Waals surface area contributed by atoms with Crippen molar-refractivity contribution in [2.24, 2.45) is 0 Å². The van der Waals surface area contributed by atoms with Gasteiger partial charge in [-0.2, -0.15) is 0 Å². The maximum atomic E-state index is 12.5. The summed E-state index contributed by atoms with van der Waals surface area (Å²) in [4.78, 5) is 27.9. The van der Waals surface area contributed by atoms with Crippen molar-refractivity contribution in [3.8, 4) is 11.5 Å². The number of aromatic nitrogens is 1. The molecule has 0 saturated carbocycles. The van der Waals surface area contributed by atoms with Crippen LogP contribution < -0.4 is 14.8 Å².